The Bertz CT molecular complexity index is 430. The van der Waals surface area contributed by atoms with E-state index in [0.29, 0.717) is 13.0 Å². The standard InChI is InChI=1S/C13H21N3O4.ClH/c1-7(2)16-11(17)5-9(13(16)19)15-12(18)10-4-3-8(6-14)20-10;/h7-10H,3-6,14H2,1-2H3,(H,15,18);1H/t8-,9?,10+;/m1./s1. The zero-order chi connectivity index (χ0) is 14.9. The molecule has 8 heteroatoms. The third kappa shape index (κ3) is 3.72. The highest BCUT2D eigenvalue weighted by Gasteiger charge is 2.42. The fraction of sp³-hybridized carbons (Fsp3) is 0.769. The molecule has 2 heterocycles. The molecule has 0 bridgehead atoms. The summed E-state index contributed by atoms with van der Waals surface area (Å²) in [6.07, 6.45) is 0.689. The number of carbonyl (C=O) groups excluding carboxylic acids is 3. The highest BCUT2D eigenvalue weighted by molar-refractivity contribution is 6.07. The first-order valence-corrected chi connectivity index (χ1v) is 6.95. The molecular weight excluding hydrogens is 298 g/mol. The molecule has 1 unspecified atom stereocenters. The Kier molecular flexibility index (Phi) is 6.12. The van der Waals surface area contributed by atoms with E-state index < -0.39 is 12.1 Å². The molecule has 0 aliphatic carbocycles. The van der Waals surface area contributed by atoms with Crippen molar-refractivity contribution in [2.45, 2.75) is 57.4 Å². The smallest absolute Gasteiger partial charge is 0.252 e. The van der Waals surface area contributed by atoms with E-state index in [9.17, 15) is 14.4 Å². The average Bonchev–Trinajstić information content (AvgIpc) is 2.95. The van der Waals surface area contributed by atoms with E-state index in [1.807, 2.05) is 0 Å². The lowest BCUT2D eigenvalue weighted by Crippen LogP contribution is -2.47. The zero-order valence-corrected chi connectivity index (χ0v) is 13.0. The molecule has 3 atom stereocenters. The van der Waals surface area contributed by atoms with Crippen molar-refractivity contribution in [1.29, 1.82) is 0 Å². The van der Waals surface area contributed by atoms with Crippen molar-refractivity contribution < 1.29 is 19.1 Å². The monoisotopic (exact) mass is 319 g/mol. The molecule has 0 aromatic heterocycles. The molecule has 120 valence electrons. The Balaban J connectivity index is 0.00000220. The fourth-order valence-electron chi connectivity index (χ4n) is 2.64. The minimum absolute atomic E-state index is 0. The lowest BCUT2D eigenvalue weighted by molar-refractivity contribution is -0.142. The van der Waals surface area contributed by atoms with Crippen molar-refractivity contribution in [2.75, 3.05) is 6.54 Å². The van der Waals surface area contributed by atoms with Gasteiger partial charge in [-0.15, -0.1) is 12.4 Å². The molecule has 3 N–H and O–H groups in total. The molecule has 0 saturated carbocycles. The third-order valence-electron chi connectivity index (χ3n) is 3.68. The van der Waals surface area contributed by atoms with Crippen LogP contribution in [-0.4, -0.2) is 53.5 Å². The number of nitrogens with one attached hydrogen (secondary N) is 1. The summed E-state index contributed by atoms with van der Waals surface area (Å²) in [4.78, 5) is 37.0. The van der Waals surface area contributed by atoms with E-state index >= 15 is 0 Å². The van der Waals surface area contributed by atoms with Crippen LogP contribution in [0.3, 0.4) is 0 Å². The van der Waals surface area contributed by atoms with Gasteiger partial charge in [0.05, 0.1) is 12.5 Å². The van der Waals surface area contributed by atoms with Crippen molar-refractivity contribution in [3.05, 3.63) is 0 Å². The van der Waals surface area contributed by atoms with Gasteiger partial charge in [-0.3, -0.25) is 19.3 Å². The molecule has 2 aliphatic rings. The van der Waals surface area contributed by atoms with Crippen LogP contribution in [0.2, 0.25) is 0 Å². The molecule has 7 nitrogen and oxygen atoms in total. The van der Waals surface area contributed by atoms with Crippen LogP contribution in [0.15, 0.2) is 0 Å². The Morgan fingerprint density at radius 1 is 1.43 bits per heavy atom. The van der Waals surface area contributed by atoms with Crippen LogP contribution in [0, 0.1) is 0 Å². The van der Waals surface area contributed by atoms with Crippen LogP contribution >= 0.6 is 12.4 Å². The Hall–Kier alpha value is -1.18. The minimum Gasteiger partial charge on any atom is -0.364 e. The normalized spacial score (nSPS) is 29.0. The number of imide groups is 1. The van der Waals surface area contributed by atoms with Crippen molar-refractivity contribution in [1.82, 2.24) is 10.2 Å². The second kappa shape index (κ2) is 7.20. The van der Waals surface area contributed by atoms with Crippen molar-refractivity contribution >= 4 is 30.1 Å². The van der Waals surface area contributed by atoms with Gasteiger partial charge in [-0.2, -0.15) is 0 Å². The topological polar surface area (TPSA) is 102 Å². The second-order valence-electron chi connectivity index (χ2n) is 5.52. The number of hydrogen-bond donors (Lipinski definition) is 2. The number of carbonyl (C=O) groups is 3. The predicted molar refractivity (Wildman–Crippen MR) is 77.7 cm³/mol. The van der Waals surface area contributed by atoms with Gasteiger partial charge in [-0.25, -0.2) is 0 Å². The average molecular weight is 320 g/mol. The minimum atomic E-state index is -0.766. The van der Waals surface area contributed by atoms with Crippen LogP contribution in [0.25, 0.3) is 0 Å². The quantitative estimate of drug-likeness (QED) is 0.684. The van der Waals surface area contributed by atoms with Crippen molar-refractivity contribution in [2.24, 2.45) is 5.73 Å². The first kappa shape index (κ1) is 17.9. The van der Waals surface area contributed by atoms with Gasteiger partial charge in [0.1, 0.15) is 12.1 Å². The van der Waals surface area contributed by atoms with Gasteiger partial charge in [-0.05, 0) is 26.7 Å². The van der Waals surface area contributed by atoms with E-state index in [0.717, 1.165) is 6.42 Å². The van der Waals surface area contributed by atoms with Crippen LogP contribution in [0.1, 0.15) is 33.1 Å². The molecule has 2 saturated heterocycles. The number of rotatable bonds is 4. The summed E-state index contributed by atoms with van der Waals surface area (Å²) in [5, 5.41) is 2.61. The Morgan fingerprint density at radius 3 is 2.57 bits per heavy atom. The molecule has 2 rings (SSSR count). The number of likely N-dealkylation sites (tertiary alicyclic amines) is 1. The van der Waals surface area contributed by atoms with Crippen LogP contribution in [0.5, 0.6) is 0 Å². The van der Waals surface area contributed by atoms with Crippen LogP contribution in [0.4, 0.5) is 0 Å². The zero-order valence-electron chi connectivity index (χ0n) is 12.2. The van der Waals surface area contributed by atoms with Crippen LogP contribution in [-0.2, 0) is 19.1 Å². The van der Waals surface area contributed by atoms with E-state index in [1.54, 1.807) is 13.8 Å². The predicted octanol–water partition coefficient (Wildman–Crippen LogP) is -0.433. The van der Waals surface area contributed by atoms with Crippen molar-refractivity contribution in [3.63, 3.8) is 0 Å². The maximum Gasteiger partial charge on any atom is 0.252 e. The SMILES string of the molecule is CC(C)N1C(=O)CC(NC(=O)[C@@H]2CC[C@H](CN)O2)C1=O.Cl. The fourth-order valence-corrected chi connectivity index (χ4v) is 2.64. The van der Waals surface area contributed by atoms with Crippen molar-refractivity contribution in [3.8, 4) is 0 Å². The summed E-state index contributed by atoms with van der Waals surface area (Å²) in [7, 11) is 0. The lowest BCUT2D eigenvalue weighted by Gasteiger charge is -2.20. The summed E-state index contributed by atoms with van der Waals surface area (Å²) in [6.45, 7) is 3.92. The summed E-state index contributed by atoms with van der Waals surface area (Å²) in [5.41, 5.74) is 5.49. The van der Waals surface area contributed by atoms with Gasteiger partial charge in [0.15, 0.2) is 0 Å². The molecule has 0 spiro atoms. The molecule has 0 radical (unpaired) electrons. The van der Waals surface area contributed by atoms with Gasteiger partial charge in [0.2, 0.25) is 11.8 Å². The van der Waals surface area contributed by atoms with E-state index in [2.05, 4.69) is 5.32 Å². The summed E-state index contributed by atoms with van der Waals surface area (Å²) >= 11 is 0. The maximum absolute atomic E-state index is 12.1. The molecule has 2 aliphatic heterocycles. The molecule has 21 heavy (non-hydrogen) atoms. The van der Waals surface area contributed by atoms with E-state index in [-0.39, 0.29) is 48.7 Å². The number of nitrogens with two attached hydrogens (primary N) is 1. The van der Waals surface area contributed by atoms with Gasteiger partial charge < -0.3 is 15.8 Å². The first-order valence-electron chi connectivity index (χ1n) is 6.95. The number of ether oxygens (including phenoxy) is 1. The Labute approximate surface area is 130 Å². The third-order valence-corrected chi connectivity index (χ3v) is 3.68. The summed E-state index contributed by atoms with van der Waals surface area (Å²) in [6, 6.07) is -0.959. The number of nitrogens with zero attached hydrogens (tertiary/aromatic N) is 1. The molecule has 0 aromatic rings. The van der Waals surface area contributed by atoms with E-state index in [4.69, 9.17) is 10.5 Å². The van der Waals surface area contributed by atoms with Gasteiger partial charge >= 0.3 is 0 Å². The van der Waals surface area contributed by atoms with Gasteiger partial charge in [0.25, 0.3) is 5.91 Å². The lowest BCUT2D eigenvalue weighted by atomic mass is 10.1. The first-order chi connectivity index (χ1) is 9.43. The molecule has 0 aromatic carbocycles. The summed E-state index contributed by atoms with van der Waals surface area (Å²) < 4.78 is 5.47. The Morgan fingerprint density at radius 2 is 2.10 bits per heavy atom. The highest BCUT2D eigenvalue weighted by Crippen LogP contribution is 2.21. The molecular formula is C13H22ClN3O4. The number of amides is 3. The molecule has 3 amide bonds. The van der Waals surface area contributed by atoms with E-state index in [1.165, 1.54) is 4.90 Å². The van der Waals surface area contributed by atoms with Gasteiger partial charge in [-0.1, -0.05) is 0 Å². The molecule has 2 fully saturated rings. The second-order valence-corrected chi connectivity index (χ2v) is 5.52. The van der Waals surface area contributed by atoms with Gasteiger partial charge in [0, 0.05) is 12.6 Å². The number of hydrogen-bond acceptors (Lipinski definition) is 5. The van der Waals surface area contributed by atoms with Crippen LogP contribution < -0.4 is 11.1 Å². The largest absolute Gasteiger partial charge is 0.364 e. The highest BCUT2D eigenvalue weighted by atomic mass is 35.5. The summed E-state index contributed by atoms with van der Waals surface area (Å²) in [5.74, 6) is -0.924. The number of halogens is 1. The maximum atomic E-state index is 12.1.